The summed E-state index contributed by atoms with van der Waals surface area (Å²) in [5.41, 5.74) is 1.84. The second-order valence-corrected chi connectivity index (χ2v) is 8.33. The van der Waals surface area contributed by atoms with Gasteiger partial charge >= 0.3 is 11.8 Å². The number of fused-ring (bicyclic) bond motifs is 1. The van der Waals surface area contributed by atoms with Crippen LogP contribution in [0.5, 0.6) is 0 Å². The number of imidazole rings is 1. The van der Waals surface area contributed by atoms with Crippen LogP contribution in [-0.4, -0.2) is 64.8 Å². The number of nitrogens with zero attached hydrogens (tertiary/aromatic N) is 3. The van der Waals surface area contributed by atoms with Crippen LogP contribution in [0.4, 0.5) is 4.79 Å². The average Bonchev–Trinajstić information content (AvgIpc) is 3.02. The number of hydrogen-bond donors (Lipinski definition) is 1. The standard InChI is InChI=1S/C19H25BrN4O3/c1-27-19(26)23-10-4-14(5-11-23)22-8-6-15(7-9-22)24-17-3-2-13(20)12-16(17)21-18(24)25/h2-3,12,14-15H,4-11H2,1H3,(H,21,25). The highest BCUT2D eigenvalue weighted by Crippen LogP contribution is 2.29. The van der Waals surface area contributed by atoms with E-state index in [1.54, 1.807) is 4.90 Å². The zero-order valence-corrected chi connectivity index (χ0v) is 17.1. The molecule has 2 fully saturated rings. The molecule has 7 nitrogen and oxygen atoms in total. The molecule has 4 rings (SSSR count). The fraction of sp³-hybridized carbons (Fsp3) is 0.579. The van der Waals surface area contributed by atoms with Crippen LogP contribution in [-0.2, 0) is 4.74 Å². The van der Waals surface area contributed by atoms with Gasteiger partial charge in [-0.15, -0.1) is 0 Å². The van der Waals surface area contributed by atoms with Crippen LogP contribution < -0.4 is 5.69 Å². The Hall–Kier alpha value is -1.80. The first-order valence-corrected chi connectivity index (χ1v) is 10.3. The first-order valence-electron chi connectivity index (χ1n) is 9.53. The Labute approximate surface area is 166 Å². The van der Waals surface area contributed by atoms with Gasteiger partial charge in [0.2, 0.25) is 0 Å². The summed E-state index contributed by atoms with van der Waals surface area (Å²) in [6, 6.07) is 6.70. The predicted molar refractivity (Wildman–Crippen MR) is 107 cm³/mol. The van der Waals surface area contributed by atoms with Crippen molar-refractivity contribution in [3.05, 3.63) is 33.2 Å². The van der Waals surface area contributed by atoms with Crippen LogP contribution in [0.15, 0.2) is 27.5 Å². The number of likely N-dealkylation sites (tertiary alicyclic amines) is 2. The number of amides is 1. The molecule has 1 amide bonds. The quantitative estimate of drug-likeness (QED) is 0.785. The molecule has 0 unspecified atom stereocenters. The first kappa shape index (κ1) is 18.6. The van der Waals surface area contributed by atoms with E-state index < -0.39 is 0 Å². The van der Waals surface area contributed by atoms with Gasteiger partial charge in [-0.3, -0.25) is 4.57 Å². The van der Waals surface area contributed by atoms with E-state index in [0.717, 1.165) is 67.4 Å². The summed E-state index contributed by atoms with van der Waals surface area (Å²) < 4.78 is 7.71. The summed E-state index contributed by atoms with van der Waals surface area (Å²) in [6.45, 7) is 3.49. The number of ether oxygens (including phenoxy) is 1. The van der Waals surface area contributed by atoms with Gasteiger partial charge in [0.25, 0.3) is 0 Å². The van der Waals surface area contributed by atoms with E-state index in [4.69, 9.17) is 4.74 Å². The SMILES string of the molecule is COC(=O)N1CCC(N2CCC(n3c(=O)[nH]c4cc(Br)ccc43)CC2)CC1. The van der Waals surface area contributed by atoms with Crippen LogP contribution in [0.25, 0.3) is 11.0 Å². The molecule has 0 bridgehead atoms. The molecule has 146 valence electrons. The highest BCUT2D eigenvalue weighted by atomic mass is 79.9. The number of halogens is 1. The Balaban J connectivity index is 1.39. The van der Waals surface area contributed by atoms with Crippen LogP contribution in [0.1, 0.15) is 31.7 Å². The largest absolute Gasteiger partial charge is 0.453 e. The third kappa shape index (κ3) is 3.65. The summed E-state index contributed by atoms with van der Waals surface area (Å²) >= 11 is 3.46. The van der Waals surface area contributed by atoms with Crippen molar-refractivity contribution < 1.29 is 9.53 Å². The lowest BCUT2D eigenvalue weighted by Gasteiger charge is -2.41. The molecular formula is C19H25BrN4O3. The molecule has 2 aromatic rings. The van der Waals surface area contributed by atoms with E-state index in [1.807, 2.05) is 22.8 Å². The maximum absolute atomic E-state index is 12.5. The van der Waals surface area contributed by atoms with E-state index in [0.29, 0.717) is 6.04 Å². The molecule has 2 saturated heterocycles. The van der Waals surface area contributed by atoms with Gasteiger partial charge in [-0.05, 0) is 43.9 Å². The molecule has 2 aliphatic heterocycles. The fourth-order valence-corrected chi connectivity index (χ4v) is 4.88. The lowest BCUT2D eigenvalue weighted by atomic mass is 9.97. The lowest BCUT2D eigenvalue weighted by molar-refractivity contribution is 0.0686. The van der Waals surface area contributed by atoms with Gasteiger partial charge in [-0.2, -0.15) is 0 Å². The van der Waals surface area contributed by atoms with Crippen LogP contribution in [0, 0.1) is 0 Å². The molecule has 1 aromatic heterocycles. The molecule has 0 aliphatic carbocycles. The van der Waals surface area contributed by atoms with Gasteiger partial charge in [0.15, 0.2) is 0 Å². The summed E-state index contributed by atoms with van der Waals surface area (Å²) in [4.78, 5) is 31.4. The third-order valence-corrected chi connectivity index (χ3v) is 6.45. The Kier molecular flexibility index (Phi) is 5.27. The maximum Gasteiger partial charge on any atom is 0.409 e. The molecule has 0 atom stereocenters. The lowest BCUT2D eigenvalue weighted by Crippen LogP contribution is -2.49. The molecule has 3 heterocycles. The van der Waals surface area contributed by atoms with Crippen molar-refractivity contribution >= 4 is 33.1 Å². The smallest absolute Gasteiger partial charge is 0.409 e. The number of aromatic nitrogens is 2. The van der Waals surface area contributed by atoms with Gasteiger partial charge in [0.05, 0.1) is 18.1 Å². The van der Waals surface area contributed by atoms with Crippen molar-refractivity contribution in [1.29, 1.82) is 0 Å². The van der Waals surface area contributed by atoms with Crippen molar-refractivity contribution in [2.24, 2.45) is 0 Å². The predicted octanol–water partition coefficient (Wildman–Crippen LogP) is 2.96. The number of benzene rings is 1. The zero-order chi connectivity index (χ0) is 19.0. The van der Waals surface area contributed by atoms with Crippen molar-refractivity contribution in [2.75, 3.05) is 33.3 Å². The van der Waals surface area contributed by atoms with Crippen molar-refractivity contribution in [3.8, 4) is 0 Å². The van der Waals surface area contributed by atoms with Gasteiger partial charge < -0.3 is 19.5 Å². The number of rotatable bonds is 2. The van der Waals surface area contributed by atoms with E-state index >= 15 is 0 Å². The van der Waals surface area contributed by atoms with E-state index in [2.05, 4.69) is 25.8 Å². The second kappa shape index (κ2) is 7.67. The Bertz CT molecular complexity index is 877. The van der Waals surface area contributed by atoms with Gasteiger partial charge in [-0.1, -0.05) is 15.9 Å². The number of aromatic amines is 1. The molecule has 8 heteroatoms. The molecule has 0 spiro atoms. The van der Waals surface area contributed by atoms with Crippen LogP contribution >= 0.6 is 15.9 Å². The Morgan fingerprint density at radius 2 is 1.78 bits per heavy atom. The second-order valence-electron chi connectivity index (χ2n) is 7.42. The number of hydrogen-bond acceptors (Lipinski definition) is 4. The molecule has 1 N–H and O–H groups in total. The summed E-state index contributed by atoms with van der Waals surface area (Å²) in [7, 11) is 1.44. The fourth-order valence-electron chi connectivity index (χ4n) is 4.52. The Morgan fingerprint density at radius 1 is 1.11 bits per heavy atom. The van der Waals surface area contributed by atoms with Crippen LogP contribution in [0.2, 0.25) is 0 Å². The van der Waals surface area contributed by atoms with Gasteiger partial charge in [0.1, 0.15) is 0 Å². The number of piperidine rings is 2. The number of carbonyl (C=O) groups excluding carboxylic acids is 1. The van der Waals surface area contributed by atoms with Crippen molar-refractivity contribution in [3.63, 3.8) is 0 Å². The summed E-state index contributed by atoms with van der Waals surface area (Å²) in [6.07, 6.45) is 3.69. The normalized spacial score (nSPS) is 20.3. The number of methoxy groups -OCH3 is 1. The highest BCUT2D eigenvalue weighted by Gasteiger charge is 2.31. The molecule has 0 radical (unpaired) electrons. The molecular weight excluding hydrogens is 412 g/mol. The van der Waals surface area contributed by atoms with Crippen LogP contribution in [0.3, 0.4) is 0 Å². The first-order chi connectivity index (χ1) is 13.1. The minimum atomic E-state index is -0.225. The topological polar surface area (TPSA) is 70.6 Å². The molecule has 27 heavy (non-hydrogen) atoms. The van der Waals surface area contributed by atoms with Gasteiger partial charge in [-0.25, -0.2) is 9.59 Å². The average molecular weight is 437 g/mol. The van der Waals surface area contributed by atoms with E-state index in [1.165, 1.54) is 7.11 Å². The number of nitrogens with one attached hydrogen (secondary N) is 1. The number of carbonyl (C=O) groups is 1. The summed E-state index contributed by atoms with van der Waals surface area (Å²) in [5.74, 6) is 0. The highest BCUT2D eigenvalue weighted by molar-refractivity contribution is 9.10. The maximum atomic E-state index is 12.5. The molecule has 0 saturated carbocycles. The Morgan fingerprint density at radius 3 is 2.44 bits per heavy atom. The van der Waals surface area contributed by atoms with Crippen molar-refractivity contribution in [2.45, 2.75) is 37.8 Å². The van der Waals surface area contributed by atoms with Crippen molar-refractivity contribution in [1.82, 2.24) is 19.4 Å². The third-order valence-electron chi connectivity index (χ3n) is 5.96. The van der Waals surface area contributed by atoms with E-state index in [-0.39, 0.29) is 17.8 Å². The molecule has 2 aliphatic rings. The zero-order valence-electron chi connectivity index (χ0n) is 15.5. The van der Waals surface area contributed by atoms with Gasteiger partial charge in [0, 0.05) is 42.7 Å². The van der Waals surface area contributed by atoms with E-state index in [9.17, 15) is 9.59 Å². The number of H-pyrrole nitrogens is 1. The monoisotopic (exact) mass is 436 g/mol. The minimum Gasteiger partial charge on any atom is -0.453 e. The molecule has 1 aromatic carbocycles. The minimum absolute atomic E-state index is 0.0204. The summed E-state index contributed by atoms with van der Waals surface area (Å²) in [5, 5.41) is 0.